The predicted octanol–water partition coefficient (Wildman–Crippen LogP) is 4.12. The zero-order valence-corrected chi connectivity index (χ0v) is 10.7. The fourth-order valence-electron chi connectivity index (χ4n) is 1.63. The molecule has 1 heterocycles. The maximum Gasteiger partial charge on any atom is 0.418 e. The van der Waals surface area contributed by atoms with Crippen molar-refractivity contribution < 1.29 is 22.0 Å². The Kier molecular flexibility index (Phi) is 3.64. The van der Waals surface area contributed by atoms with Gasteiger partial charge in [0, 0.05) is 5.02 Å². The van der Waals surface area contributed by atoms with Crippen molar-refractivity contribution in [2.24, 2.45) is 0 Å². The Morgan fingerprint density at radius 1 is 1.20 bits per heavy atom. The first-order valence-electron chi connectivity index (χ1n) is 4.89. The number of nitrogens with zero attached hydrogens (tertiary/aromatic N) is 2. The van der Waals surface area contributed by atoms with Gasteiger partial charge < -0.3 is 0 Å². The standard InChI is InChI=1S/C10H3Cl2F5N2O/c11-3-1-4-6(5(2-3)10(15,16)17)18-8(12)19(7(4)20)9(13)14/h1-2,9H. The minimum Gasteiger partial charge on any atom is -0.268 e. The number of aromatic nitrogens is 2. The molecule has 0 fully saturated rings. The molecule has 0 aliphatic heterocycles. The van der Waals surface area contributed by atoms with E-state index in [4.69, 9.17) is 23.2 Å². The van der Waals surface area contributed by atoms with Gasteiger partial charge in [-0.2, -0.15) is 22.0 Å². The molecule has 0 saturated carbocycles. The van der Waals surface area contributed by atoms with Gasteiger partial charge >= 0.3 is 12.7 Å². The van der Waals surface area contributed by atoms with Crippen molar-refractivity contribution in [1.29, 1.82) is 0 Å². The first-order valence-corrected chi connectivity index (χ1v) is 5.65. The Morgan fingerprint density at radius 3 is 2.30 bits per heavy atom. The lowest BCUT2D eigenvalue weighted by Crippen LogP contribution is -2.24. The highest BCUT2D eigenvalue weighted by molar-refractivity contribution is 6.31. The van der Waals surface area contributed by atoms with Crippen molar-refractivity contribution in [3.8, 4) is 0 Å². The summed E-state index contributed by atoms with van der Waals surface area (Å²) >= 11 is 10.8. The van der Waals surface area contributed by atoms with Gasteiger partial charge in [0.2, 0.25) is 5.28 Å². The van der Waals surface area contributed by atoms with Crippen LogP contribution in [0.25, 0.3) is 10.9 Å². The first kappa shape index (κ1) is 15.0. The third-order valence-electron chi connectivity index (χ3n) is 2.43. The minimum atomic E-state index is -4.86. The second-order valence-corrected chi connectivity index (χ2v) is 4.46. The average molecular weight is 333 g/mol. The van der Waals surface area contributed by atoms with Crippen LogP contribution in [0.15, 0.2) is 16.9 Å². The predicted molar refractivity (Wildman–Crippen MR) is 62.3 cm³/mol. The van der Waals surface area contributed by atoms with Crippen LogP contribution in [0.2, 0.25) is 10.3 Å². The number of hydrogen-bond acceptors (Lipinski definition) is 2. The Balaban J connectivity index is 2.99. The maximum atomic E-state index is 12.8. The number of fused-ring (bicyclic) bond motifs is 1. The molecule has 0 radical (unpaired) electrons. The summed E-state index contributed by atoms with van der Waals surface area (Å²) in [5.74, 6) is 0. The van der Waals surface area contributed by atoms with Crippen LogP contribution in [0.1, 0.15) is 12.1 Å². The highest BCUT2D eigenvalue weighted by atomic mass is 35.5. The van der Waals surface area contributed by atoms with Gasteiger partial charge in [-0.3, -0.25) is 4.79 Å². The highest BCUT2D eigenvalue weighted by Gasteiger charge is 2.35. The third-order valence-corrected chi connectivity index (χ3v) is 2.91. The Labute approximate surface area is 117 Å². The molecule has 2 aromatic rings. The number of halogens is 7. The largest absolute Gasteiger partial charge is 0.418 e. The van der Waals surface area contributed by atoms with E-state index >= 15 is 0 Å². The molecule has 0 aliphatic carbocycles. The van der Waals surface area contributed by atoms with Gasteiger partial charge in [-0.05, 0) is 23.7 Å². The van der Waals surface area contributed by atoms with E-state index in [-0.39, 0.29) is 4.57 Å². The molecule has 0 atom stereocenters. The normalized spacial score (nSPS) is 12.4. The molecule has 2 rings (SSSR count). The molecule has 0 bridgehead atoms. The Hall–Kier alpha value is -1.41. The summed E-state index contributed by atoms with van der Waals surface area (Å²) in [6, 6.07) is 1.37. The fraction of sp³-hybridized carbons (Fsp3) is 0.200. The van der Waals surface area contributed by atoms with Gasteiger partial charge in [0.05, 0.1) is 16.5 Å². The third kappa shape index (κ3) is 2.45. The van der Waals surface area contributed by atoms with E-state index in [1.165, 1.54) is 0 Å². The average Bonchev–Trinajstić information content (AvgIpc) is 2.27. The molecule has 10 heteroatoms. The van der Waals surface area contributed by atoms with Crippen molar-refractivity contribution in [2.75, 3.05) is 0 Å². The lowest BCUT2D eigenvalue weighted by molar-refractivity contribution is -0.136. The van der Waals surface area contributed by atoms with Gasteiger partial charge in [-0.15, -0.1) is 0 Å². The van der Waals surface area contributed by atoms with E-state index < -0.39 is 45.1 Å². The zero-order valence-electron chi connectivity index (χ0n) is 9.18. The molecule has 0 unspecified atom stereocenters. The van der Waals surface area contributed by atoms with E-state index in [1.54, 1.807) is 0 Å². The van der Waals surface area contributed by atoms with Crippen molar-refractivity contribution in [3.63, 3.8) is 0 Å². The quantitative estimate of drug-likeness (QED) is 0.581. The molecule has 0 N–H and O–H groups in total. The summed E-state index contributed by atoms with van der Waals surface area (Å²) in [6.45, 7) is -3.33. The van der Waals surface area contributed by atoms with E-state index in [9.17, 15) is 26.7 Å². The first-order chi connectivity index (χ1) is 9.12. The molecule has 0 saturated heterocycles. The van der Waals surface area contributed by atoms with Crippen LogP contribution in [0.5, 0.6) is 0 Å². The molecule has 0 aliphatic rings. The van der Waals surface area contributed by atoms with Crippen LogP contribution in [-0.4, -0.2) is 9.55 Å². The molecule has 3 nitrogen and oxygen atoms in total. The van der Waals surface area contributed by atoms with Gasteiger partial charge in [0.25, 0.3) is 5.56 Å². The van der Waals surface area contributed by atoms with E-state index in [2.05, 4.69) is 4.98 Å². The van der Waals surface area contributed by atoms with Crippen molar-refractivity contribution in [2.45, 2.75) is 12.7 Å². The highest BCUT2D eigenvalue weighted by Crippen LogP contribution is 2.35. The number of alkyl halides is 5. The molecule has 1 aromatic heterocycles. The second-order valence-electron chi connectivity index (χ2n) is 3.68. The summed E-state index contributed by atoms with van der Waals surface area (Å²) in [7, 11) is 0. The Bertz CT molecular complexity index is 741. The van der Waals surface area contributed by atoms with E-state index in [1.807, 2.05) is 0 Å². The van der Waals surface area contributed by atoms with E-state index in [0.29, 0.717) is 6.07 Å². The number of rotatable bonds is 1. The summed E-state index contributed by atoms with van der Waals surface area (Å²) in [5.41, 5.74) is -3.54. The Morgan fingerprint density at radius 2 is 1.80 bits per heavy atom. The SMILES string of the molecule is O=c1c2cc(Cl)cc(C(F)(F)F)c2nc(Cl)n1C(F)F. The molecular formula is C10H3Cl2F5N2O. The molecule has 108 valence electrons. The summed E-state index contributed by atoms with van der Waals surface area (Å²) in [6.07, 6.45) is -4.86. The maximum absolute atomic E-state index is 12.8. The lowest BCUT2D eigenvalue weighted by Gasteiger charge is -2.13. The molecule has 0 amide bonds. The van der Waals surface area contributed by atoms with Crippen LogP contribution >= 0.6 is 23.2 Å². The van der Waals surface area contributed by atoms with Crippen molar-refractivity contribution >= 4 is 34.1 Å². The smallest absolute Gasteiger partial charge is 0.268 e. The van der Waals surface area contributed by atoms with Gasteiger partial charge in [-0.1, -0.05) is 11.6 Å². The number of hydrogen-bond donors (Lipinski definition) is 0. The lowest BCUT2D eigenvalue weighted by atomic mass is 10.1. The van der Waals surface area contributed by atoms with E-state index in [0.717, 1.165) is 6.07 Å². The van der Waals surface area contributed by atoms with Crippen LogP contribution in [0.3, 0.4) is 0 Å². The van der Waals surface area contributed by atoms with Crippen molar-refractivity contribution in [3.05, 3.63) is 38.4 Å². The monoisotopic (exact) mass is 332 g/mol. The summed E-state index contributed by atoms with van der Waals surface area (Å²) < 4.78 is 63.5. The van der Waals surface area contributed by atoms with Crippen LogP contribution < -0.4 is 5.56 Å². The summed E-state index contributed by atoms with van der Waals surface area (Å²) in [5, 5.41) is -2.15. The van der Waals surface area contributed by atoms with Crippen LogP contribution in [-0.2, 0) is 6.18 Å². The topological polar surface area (TPSA) is 34.9 Å². The molecule has 0 spiro atoms. The molecule has 20 heavy (non-hydrogen) atoms. The van der Waals surface area contributed by atoms with Gasteiger partial charge in [0.1, 0.15) is 0 Å². The minimum absolute atomic E-state index is 0.222. The zero-order chi connectivity index (χ0) is 15.2. The second kappa shape index (κ2) is 4.85. The molecular weight excluding hydrogens is 330 g/mol. The molecule has 1 aromatic carbocycles. The van der Waals surface area contributed by atoms with Gasteiger partial charge in [0.15, 0.2) is 0 Å². The number of benzene rings is 1. The van der Waals surface area contributed by atoms with Crippen LogP contribution in [0, 0.1) is 0 Å². The van der Waals surface area contributed by atoms with Crippen molar-refractivity contribution in [1.82, 2.24) is 9.55 Å². The fourth-order valence-corrected chi connectivity index (χ4v) is 2.08. The van der Waals surface area contributed by atoms with Crippen LogP contribution in [0.4, 0.5) is 22.0 Å². The summed E-state index contributed by atoms with van der Waals surface area (Å²) in [4.78, 5) is 15.0. The van der Waals surface area contributed by atoms with Gasteiger partial charge in [-0.25, -0.2) is 9.55 Å².